The maximum atomic E-state index is 13.0. The fraction of sp³-hybridized carbons (Fsp3) is 0.300. The second kappa shape index (κ2) is 6.02. The van der Waals surface area contributed by atoms with Crippen LogP contribution in [0.25, 0.3) is 0 Å². The third-order valence-corrected chi connectivity index (χ3v) is 5.90. The first kappa shape index (κ1) is 15.3. The molecule has 1 aliphatic heterocycles. The molecule has 1 aromatic heterocycles. The second-order valence-electron chi connectivity index (χ2n) is 6.42. The summed E-state index contributed by atoms with van der Waals surface area (Å²) in [4.78, 5) is 28.6. The number of para-hydroxylation sites is 1. The Balaban J connectivity index is 1.89. The number of hydrogen-bond donors (Lipinski definition) is 0. The van der Waals surface area contributed by atoms with E-state index in [0.717, 1.165) is 40.2 Å². The van der Waals surface area contributed by atoms with Gasteiger partial charge in [0.1, 0.15) is 0 Å². The molecule has 4 heteroatoms. The normalized spacial score (nSPS) is 21.2. The quantitative estimate of drug-likeness (QED) is 0.804. The average Bonchev–Trinajstić information content (AvgIpc) is 3.10. The van der Waals surface area contributed by atoms with Gasteiger partial charge >= 0.3 is 0 Å². The van der Waals surface area contributed by atoms with E-state index in [0.29, 0.717) is 12.8 Å². The number of thiophene rings is 1. The van der Waals surface area contributed by atoms with Crippen molar-refractivity contribution in [3.8, 4) is 0 Å². The molecular formula is C20H19NO2S. The number of ketones is 1. The van der Waals surface area contributed by atoms with Gasteiger partial charge in [-0.2, -0.15) is 0 Å². The minimum atomic E-state index is -0.0689. The van der Waals surface area contributed by atoms with Crippen LogP contribution in [0, 0.1) is 6.92 Å². The lowest BCUT2D eigenvalue weighted by atomic mass is 9.79. The summed E-state index contributed by atoms with van der Waals surface area (Å²) < 4.78 is 0. The van der Waals surface area contributed by atoms with Crippen LogP contribution in [0.4, 0.5) is 5.69 Å². The number of rotatable bonds is 2. The van der Waals surface area contributed by atoms with E-state index in [2.05, 4.69) is 0 Å². The molecule has 2 aromatic rings. The third kappa shape index (κ3) is 2.42. The summed E-state index contributed by atoms with van der Waals surface area (Å²) in [5.74, 6) is 0.234. The minimum Gasteiger partial charge on any atom is -0.294 e. The van der Waals surface area contributed by atoms with E-state index in [1.807, 2.05) is 53.6 Å². The number of carbonyl (C=O) groups excluding carboxylic acids is 2. The number of hydrogen-bond acceptors (Lipinski definition) is 3. The number of Topliss-reactive ketones (excluding diaryl/α,β-unsaturated/α-hetero) is 1. The maximum absolute atomic E-state index is 13.0. The maximum Gasteiger partial charge on any atom is 0.232 e. The predicted molar refractivity (Wildman–Crippen MR) is 96.2 cm³/mol. The van der Waals surface area contributed by atoms with Crippen molar-refractivity contribution in [2.75, 3.05) is 4.90 Å². The van der Waals surface area contributed by atoms with Gasteiger partial charge in [0.05, 0.1) is 5.69 Å². The Morgan fingerprint density at radius 2 is 1.92 bits per heavy atom. The van der Waals surface area contributed by atoms with Crippen molar-refractivity contribution in [1.82, 2.24) is 0 Å². The molecule has 0 fully saturated rings. The highest BCUT2D eigenvalue weighted by molar-refractivity contribution is 7.10. The highest BCUT2D eigenvalue weighted by Gasteiger charge is 2.40. The minimum absolute atomic E-state index is 0.0689. The fourth-order valence-electron chi connectivity index (χ4n) is 3.82. The zero-order chi connectivity index (χ0) is 16.7. The Morgan fingerprint density at radius 3 is 2.67 bits per heavy atom. The average molecular weight is 337 g/mol. The van der Waals surface area contributed by atoms with Crippen molar-refractivity contribution in [2.45, 2.75) is 38.5 Å². The summed E-state index contributed by atoms with van der Waals surface area (Å²) in [5.41, 5.74) is 3.77. The number of anilines is 1. The van der Waals surface area contributed by atoms with Gasteiger partial charge in [-0.05, 0) is 42.8 Å². The van der Waals surface area contributed by atoms with Crippen molar-refractivity contribution < 1.29 is 9.59 Å². The highest BCUT2D eigenvalue weighted by Crippen LogP contribution is 2.44. The van der Waals surface area contributed by atoms with Crippen LogP contribution < -0.4 is 4.90 Å². The molecule has 0 radical (unpaired) electrons. The summed E-state index contributed by atoms with van der Waals surface area (Å²) in [6.07, 6.45) is 2.59. The van der Waals surface area contributed by atoms with Gasteiger partial charge in [0.2, 0.25) is 5.91 Å². The number of benzene rings is 1. The van der Waals surface area contributed by atoms with E-state index in [4.69, 9.17) is 0 Å². The molecule has 1 amide bonds. The first-order valence-electron chi connectivity index (χ1n) is 8.35. The summed E-state index contributed by atoms with van der Waals surface area (Å²) in [5, 5.41) is 2.01. The Morgan fingerprint density at radius 1 is 1.08 bits per heavy atom. The van der Waals surface area contributed by atoms with Crippen molar-refractivity contribution in [3.05, 3.63) is 63.5 Å². The summed E-state index contributed by atoms with van der Waals surface area (Å²) in [7, 11) is 0. The molecule has 24 heavy (non-hydrogen) atoms. The van der Waals surface area contributed by atoms with Crippen LogP contribution in [0.3, 0.4) is 0 Å². The van der Waals surface area contributed by atoms with Gasteiger partial charge in [-0.25, -0.2) is 0 Å². The largest absolute Gasteiger partial charge is 0.294 e. The second-order valence-corrected chi connectivity index (χ2v) is 7.40. The van der Waals surface area contributed by atoms with Crippen LogP contribution in [0.1, 0.15) is 42.0 Å². The van der Waals surface area contributed by atoms with Crippen LogP contribution in [0.15, 0.2) is 53.0 Å². The van der Waals surface area contributed by atoms with E-state index in [1.165, 1.54) is 0 Å². The zero-order valence-corrected chi connectivity index (χ0v) is 14.4. The molecule has 2 aliphatic rings. The van der Waals surface area contributed by atoms with E-state index >= 15 is 0 Å². The number of amides is 1. The van der Waals surface area contributed by atoms with Crippen LogP contribution in [-0.4, -0.2) is 11.7 Å². The Bertz CT molecular complexity index is 835. The molecule has 0 saturated carbocycles. The Hall–Kier alpha value is -2.20. The van der Waals surface area contributed by atoms with Gasteiger partial charge in [0.15, 0.2) is 5.78 Å². The van der Waals surface area contributed by atoms with Crippen LogP contribution >= 0.6 is 11.3 Å². The summed E-state index contributed by atoms with van der Waals surface area (Å²) >= 11 is 1.63. The summed E-state index contributed by atoms with van der Waals surface area (Å²) in [6.45, 7) is 2.01. The number of aryl methyl sites for hydroxylation is 1. The lowest BCUT2D eigenvalue weighted by Crippen LogP contribution is -2.40. The molecule has 2 heterocycles. The molecule has 4 rings (SSSR count). The molecule has 0 bridgehead atoms. The molecule has 3 nitrogen and oxygen atoms in total. The molecule has 0 saturated heterocycles. The molecule has 122 valence electrons. The smallest absolute Gasteiger partial charge is 0.232 e. The van der Waals surface area contributed by atoms with Crippen LogP contribution in [-0.2, 0) is 9.59 Å². The predicted octanol–water partition coefficient (Wildman–Crippen LogP) is 4.58. The van der Waals surface area contributed by atoms with Crippen molar-refractivity contribution in [2.24, 2.45) is 0 Å². The molecule has 0 N–H and O–H groups in total. The monoisotopic (exact) mass is 337 g/mol. The Labute approximate surface area is 145 Å². The zero-order valence-electron chi connectivity index (χ0n) is 13.6. The van der Waals surface area contributed by atoms with E-state index in [1.54, 1.807) is 11.3 Å². The van der Waals surface area contributed by atoms with Gasteiger partial charge in [-0.15, -0.1) is 11.3 Å². The molecule has 1 atom stereocenters. The van der Waals surface area contributed by atoms with E-state index in [9.17, 15) is 9.59 Å². The number of allylic oxidation sites excluding steroid dienone is 2. The first-order valence-corrected chi connectivity index (χ1v) is 9.23. The van der Waals surface area contributed by atoms with Gasteiger partial charge in [-0.3, -0.25) is 14.5 Å². The highest BCUT2D eigenvalue weighted by atomic mass is 32.1. The first-order chi connectivity index (χ1) is 11.7. The van der Waals surface area contributed by atoms with E-state index in [-0.39, 0.29) is 17.6 Å². The van der Waals surface area contributed by atoms with Crippen molar-refractivity contribution in [1.29, 1.82) is 0 Å². The number of nitrogens with zero attached hydrogens (tertiary/aromatic N) is 1. The molecule has 0 spiro atoms. The van der Waals surface area contributed by atoms with Crippen molar-refractivity contribution >= 4 is 28.7 Å². The lowest BCUT2D eigenvalue weighted by Gasteiger charge is -2.38. The molecule has 1 unspecified atom stereocenters. The van der Waals surface area contributed by atoms with Gasteiger partial charge in [0, 0.05) is 34.9 Å². The van der Waals surface area contributed by atoms with Crippen LogP contribution in [0.5, 0.6) is 0 Å². The number of carbonyl (C=O) groups is 2. The molecule has 1 aromatic carbocycles. The van der Waals surface area contributed by atoms with E-state index < -0.39 is 0 Å². The lowest BCUT2D eigenvalue weighted by molar-refractivity contribution is -0.119. The Kier molecular flexibility index (Phi) is 3.85. The van der Waals surface area contributed by atoms with Crippen molar-refractivity contribution in [3.63, 3.8) is 0 Å². The molecular weight excluding hydrogens is 318 g/mol. The van der Waals surface area contributed by atoms with Gasteiger partial charge in [-0.1, -0.05) is 24.3 Å². The van der Waals surface area contributed by atoms with Crippen LogP contribution in [0.2, 0.25) is 0 Å². The fourth-order valence-corrected chi connectivity index (χ4v) is 4.66. The third-order valence-electron chi connectivity index (χ3n) is 4.92. The van der Waals surface area contributed by atoms with Gasteiger partial charge < -0.3 is 0 Å². The summed E-state index contributed by atoms with van der Waals surface area (Å²) in [6, 6.07) is 11.9. The topological polar surface area (TPSA) is 37.4 Å². The molecule has 1 aliphatic carbocycles. The standard InChI is InChI=1S/C20H19NO2S/c1-13-6-2-3-7-15(13)21-16-8-4-9-17(22)20(16)14(12-19(21)23)18-10-5-11-24-18/h2-3,5-7,10-11,14H,4,8-9,12H2,1H3. The SMILES string of the molecule is Cc1ccccc1N1C(=O)CC(c2cccs2)C2=C1CCCC2=O. The van der Waals surface area contributed by atoms with Gasteiger partial charge in [0.25, 0.3) is 0 Å².